The Labute approximate surface area is 120 Å². The SMILES string of the molecule is CC1(C)OC[C@@H]([C@H](CCCO)OCc2ccccc2)O1. The summed E-state index contributed by atoms with van der Waals surface area (Å²) in [5.41, 5.74) is 1.14. The Morgan fingerprint density at radius 2 is 2.10 bits per heavy atom. The number of hydrogen-bond acceptors (Lipinski definition) is 4. The predicted octanol–water partition coefficient (Wildman–Crippen LogP) is 2.50. The van der Waals surface area contributed by atoms with E-state index in [1.54, 1.807) is 0 Å². The van der Waals surface area contributed by atoms with Gasteiger partial charge in [0.2, 0.25) is 0 Å². The minimum absolute atomic E-state index is 0.0517. The summed E-state index contributed by atoms with van der Waals surface area (Å²) in [7, 11) is 0. The highest BCUT2D eigenvalue weighted by Gasteiger charge is 2.37. The lowest BCUT2D eigenvalue weighted by Crippen LogP contribution is -2.33. The van der Waals surface area contributed by atoms with E-state index in [2.05, 4.69) is 0 Å². The molecule has 1 fully saturated rings. The molecule has 1 N–H and O–H groups in total. The van der Waals surface area contributed by atoms with Crippen LogP contribution in [-0.2, 0) is 20.8 Å². The van der Waals surface area contributed by atoms with Gasteiger partial charge < -0.3 is 19.3 Å². The van der Waals surface area contributed by atoms with Gasteiger partial charge >= 0.3 is 0 Å². The van der Waals surface area contributed by atoms with Crippen molar-refractivity contribution >= 4 is 0 Å². The topological polar surface area (TPSA) is 47.9 Å². The van der Waals surface area contributed by atoms with Gasteiger partial charge in [-0.2, -0.15) is 0 Å². The molecule has 1 aromatic rings. The lowest BCUT2D eigenvalue weighted by Gasteiger charge is -2.24. The van der Waals surface area contributed by atoms with Crippen LogP contribution >= 0.6 is 0 Å². The summed E-state index contributed by atoms with van der Waals surface area (Å²) in [6.45, 7) is 5.08. The van der Waals surface area contributed by atoms with E-state index in [1.165, 1.54) is 0 Å². The van der Waals surface area contributed by atoms with Gasteiger partial charge in [-0.3, -0.25) is 0 Å². The van der Waals surface area contributed by atoms with Crippen molar-refractivity contribution in [3.63, 3.8) is 0 Å². The standard InChI is InChI=1S/C16H24O4/c1-16(2)19-12-15(20-16)14(9-6-10-17)18-11-13-7-4-3-5-8-13/h3-5,7-8,14-15,17H,6,9-12H2,1-2H3/t14-,15-/m0/s1. The zero-order valence-electron chi connectivity index (χ0n) is 12.2. The third kappa shape index (κ3) is 4.56. The highest BCUT2D eigenvalue weighted by molar-refractivity contribution is 5.13. The molecule has 0 amide bonds. The third-order valence-corrected chi connectivity index (χ3v) is 3.40. The Bertz CT molecular complexity index is 391. The second-order valence-electron chi connectivity index (χ2n) is 5.57. The molecule has 0 spiro atoms. The molecule has 0 unspecified atom stereocenters. The lowest BCUT2D eigenvalue weighted by molar-refractivity contribution is -0.158. The van der Waals surface area contributed by atoms with Crippen LogP contribution in [0, 0.1) is 0 Å². The van der Waals surface area contributed by atoms with Crippen LogP contribution in [0.3, 0.4) is 0 Å². The van der Waals surface area contributed by atoms with Crippen molar-refractivity contribution in [2.45, 2.75) is 51.3 Å². The Morgan fingerprint density at radius 3 is 2.70 bits per heavy atom. The first-order chi connectivity index (χ1) is 9.61. The summed E-state index contributed by atoms with van der Waals surface area (Å²) in [6.07, 6.45) is 1.36. The van der Waals surface area contributed by atoms with Crippen molar-refractivity contribution in [1.82, 2.24) is 0 Å². The van der Waals surface area contributed by atoms with Gasteiger partial charge in [-0.1, -0.05) is 30.3 Å². The van der Waals surface area contributed by atoms with Crippen LogP contribution in [0.4, 0.5) is 0 Å². The normalized spacial score (nSPS) is 22.9. The fraction of sp³-hybridized carbons (Fsp3) is 0.625. The second-order valence-corrected chi connectivity index (χ2v) is 5.57. The fourth-order valence-electron chi connectivity index (χ4n) is 2.35. The van der Waals surface area contributed by atoms with Crippen molar-refractivity contribution in [2.75, 3.05) is 13.2 Å². The zero-order valence-corrected chi connectivity index (χ0v) is 12.2. The monoisotopic (exact) mass is 280 g/mol. The maximum atomic E-state index is 9.02. The number of benzene rings is 1. The van der Waals surface area contributed by atoms with E-state index in [1.807, 2.05) is 44.2 Å². The summed E-state index contributed by atoms with van der Waals surface area (Å²) >= 11 is 0. The number of rotatable bonds is 7. The molecule has 4 nitrogen and oxygen atoms in total. The molecule has 1 aliphatic heterocycles. The molecule has 1 aromatic carbocycles. The van der Waals surface area contributed by atoms with E-state index >= 15 is 0 Å². The van der Waals surface area contributed by atoms with Gasteiger partial charge in [-0.05, 0) is 32.3 Å². The Balaban J connectivity index is 1.90. The molecule has 0 aromatic heterocycles. The first-order valence-electron chi connectivity index (χ1n) is 7.19. The molecule has 1 aliphatic rings. The maximum absolute atomic E-state index is 9.02. The van der Waals surface area contributed by atoms with Crippen LogP contribution < -0.4 is 0 Å². The highest BCUT2D eigenvalue weighted by Crippen LogP contribution is 2.27. The predicted molar refractivity (Wildman–Crippen MR) is 76.2 cm³/mol. The Hall–Kier alpha value is -0.940. The lowest BCUT2D eigenvalue weighted by atomic mass is 10.1. The summed E-state index contributed by atoms with van der Waals surface area (Å²) in [6, 6.07) is 10.1. The van der Waals surface area contributed by atoms with Crippen LogP contribution in [0.2, 0.25) is 0 Å². The van der Waals surface area contributed by atoms with Crippen LogP contribution in [0.15, 0.2) is 30.3 Å². The molecule has 2 rings (SSSR count). The summed E-state index contributed by atoms with van der Waals surface area (Å²) in [5.74, 6) is -0.543. The molecular formula is C16H24O4. The van der Waals surface area contributed by atoms with Gasteiger partial charge in [0.15, 0.2) is 5.79 Å². The molecule has 20 heavy (non-hydrogen) atoms. The Morgan fingerprint density at radius 1 is 1.35 bits per heavy atom. The second kappa shape index (κ2) is 7.18. The van der Waals surface area contributed by atoms with Gasteiger partial charge in [0.1, 0.15) is 6.10 Å². The van der Waals surface area contributed by atoms with Gasteiger partial charge in [0, 0.05) is 6.61 Å². The first kappa shape index (κ1) is 15.4. The highest BCUT2D eigenvalue weighted by atomic mass is 16.7. The van der Waals surface area contributed by atoms with Gasteiger partial charge in [0.05, 0.1) is 19.3 Å². The molecule has 1 heterocycles. The van der Waals surface area contributed by atoms with Crippen LogP contribution in [0.5, 0.6) is 0 Å². The quantitative estimate of drug-likeness (QED) is 0.833. The molecule has 0 aliphatic carbocycles. The van der Waals surface area contributed by atoms with Gasteiger partial charge in [0.25, 0.3) is 0 Å². The molecule has 0 saturated carbocycles. The first-order valence-corrected chi connectivity index (χ1v) is 7.19. The average molecular weight is 280 g/mol. The third-order valence-electron chi connectivity index (χ3n) is 3.40. The minimum Gasteiger partial charge on any atom is -0.396 e. The largest absolute Gasteiger partial charge is 0.396 e. The van der Waals surface area contributed by atoms with Crippen LogP contribution in [0.25, 0.3) is 0 Å². The molecular weight excluding hydrogens is 256 g/mol. The van der Waals surface area contributed by atoms with Gasteiger partial charge in [-0.15, -0.1) is 0 Å². The van der Waals surface area contributed by atoms with Gasteiger partial charge in [-0.25, -0.2) is 0 Å². The number of ether oxygens (including phenoxy) is 3. The van der Waals surface area contributed by atoms with Crippen molar-refractivity contribution in [1.29, 1.82) is 0 Å². The summed E-state index contributed by atoms with van der Waals surface area (Å²) in [5, 5.41) is 9.02. The minimum atomic E-state index is -0.543. The molecule has 1 saturated heterocycles. The van der Waals surface area contributed by atoms with Crippen LogP contribution in [0.1, 0.15) is 32.3 Å². The molecule has 0 radical (unpaired) electrons. The Kier molecular flexibility index (Phi) is 5.54. The summed E-state index contributed by atoms with van der Waals surface area (Å²) in [4.78, 5) is 0. The number of hydrogen-bond donors (Lipinski definition) is 1. The molecule has 2 atom stereocenters. The summed E-state index contributed by atoms with van der Waals surface area (Å²) < 4.78 is 17.5. The molecule has 112 valence electrons. The van der Waals surface area contributed by atoms with Crippen molar-refractivity contribution in [2.24, 2.45) is 0 Å². The number of aliphatic hydroxyl groups is 1. The van der Waals surface area contributed by atoms with Crippen LogP contribution in [-0.4, -0.2) is 36.3 Å². The van der Waals surface area contributed by atoms with E-state index in [0.29, 0.717) is 19.6 Å². The van der Waals surface area contributed by atoms with Crippen molar-refractivity contribution in [3.8, 4) is 0 Å². The van der Waals surface area contributed by atoms with Crippen molar-refractivity contribution in [3.05, 3.63) is 35.9 Å². The average Bonchev–Trinajstić information content (AvgIpc) is 2.80. The molecule has 4 heteroatoms. The maximum Gasteiger partial charge on any atom is 0.163 e. The van der Waals surface area contributed by atoms with E-state index in [-0.39, 0.29) is 18.8 Å². The zero-order chi connectivity index (χ0) is 14.4. The van der Waals surface area contributed by atoms with Crippen molar-refractivity contribution < 1.29 is 19.3 Å². The van der Waals surface area contributed by atoms with E-state index in [0.717, 1.165) is 12.0 Å². The molecule has 0 bridgehead atoms. The number of aliphatic hydroxyl groups excluding tert-OH is 1. The van der Waals surface area contributed by atoms with E-state index in [4.69, 9.17) is 19.3 Å². The van der Waals surface area contributed by atoms with E-state index in [9.17, 15) is 0 Å². The smallest absolute Gasteiger partial charge is 0.163 e. The van der Waals surface area contributed by atoms with E-state index < -0.39 is 5.79 Å². The fourth-order valence-corrected chi connectivity index (χ4v) is 2.35.